The lowest BCUT2D eigenvalue weighted by molar-refractivity contribution is 0.314. The highest BCUT2D eigenvalue weighted by molar-refractivity contribution is 5.12. The van der Waals surface area contributed by atoms with Crippen LogP contribution in [-0.4, -0.2) is 22.4 Å². The monoisotopic (exact) mass is 249 g/mol. The van der Waals surface area contributed by atoms with Crippen LogP contribution in [0.15, 0.2) is 12.3 Å². The highest BCUT2D eigenvalue weighted by Gasteiger charge is 2.28. The van der Waals surface area contributed by atoms with Crippen LogP contribution < -0.4 is 5.32 Å². The van der Waals surface area contributed by atoms with Crippen LogP contribution in [0, 0.1) is 0 Å². The number of aromatic nitrogens is 2. The maximum Gasteiger partial charge on any atom is 0.0492 e. The third kappa shape index (κ3) is 3.14. The van der Waals surface area contributed by atoms with Gasteiger partial charge < -0.3 is 5.32 Å². The lowest BCUT2D eigenvalue weighted by Crippen LogP contribution is -2.38. The van der Waals surface area contributed by atoms with E-state index in [-0.39, 0.29) is 0 Å². The average Bonchev–Trinajstić information content (AvgIpc) is 2.85. The zero-order valence-electron chi connectivity index (χ0n) is 11.9. The maximum atomic E-state index is 4.48. The molecule has 0 bridgehead atoms. The number of nitrogens with zero attached hydrogens (tertiary/aromatic N) is 2. The van der Waals surface area contributed by atoms with Crippen molar-refractivity contribution < 1.29 is 0 Å². The van der Waals surface area contributed by atoms with Gasteiger partial charge in [0.05, 0.1) is 0 Å². The molecule has 0 spiro atoms. The summed E-state index contributed by atoms with van der Waals surface area (Å²) >= 11 is 0. The van der Waals surface area contributed by atoms with Crippen LogP contribution in [0.2, 0.25) is 0 Å². The first-order valence-corrected chi connectivity index (χ1v) is 7.61. The Morgan fingerprint density at radius 3 is 2.89 bits per heavy atom. The molecule has 3 heteroatoms. The molecule has 0 saturated heterocycles. The molecule has 1 aliphatic carbocycles. The van der Waals surface area contributed by atoms with Crippen molar-refractivity contribution >= 4 is 0 Å². The summed E-state index contributed by atoms with van der Waals surface area (Å²) in [4.78, 5) is 0. The number of rotatable bonds is 6. The maximum absolute atomic E-state index is 4.48. The second kappa shape index (κ2) is 6.93. The van der Waals surface area contributed by atoms with Crippen molar-refractivity contribution in [2.75, 3.05) is 6.54 Å². The summed E-state index contributed by atoms with van der Waals surface area (Å²) in [5, 5.41) is 8.22. The molecule has 3 nitrogen and oxygen atoms in total. The van der Waals surface area contributed by atoms with Crippen molar-refractivity contribution in [2.45, 2.75) is 70.9 Å². The summed E-state index contributed by atoms with van der Waals surface area (Å²) in [6.07, 6.45) is 9.73. The van der Waals surface area contributed by atoms with Gasteiger partial charge in [0.15, 0.2) is 0 Å². The van der Waals surface area contributed by atoms with Crippen LogP contribution in [-0.2, 0) is 6.54 Å². The fourth-order valence-electron chi connectivity index (χ4n) is 3.12. The highest BCUT2D eigenvalue weighted by Crippen LogP contribution is 2.33. The van der Waals surface area contributed by atoms with Gasteiger partial charge in [-0.15, -0.1) is 0 Å². The average molecular weight is 249 g/mol. The summed E-state index contributed by atoms with van der Waals surface area (Å²) in [7, 11) is 0. The summed E-state index contributed by atoms with van der Waals surface area (Å²) in [5.41, 5.74) is 1.45. The molecule has 1 fully saturated rings. The van der Waals surface area contributed by atoms with Crippen molar-refractivity contribution in [2.24, 2.45) is 0 Å². The Labute approximate surface area is 111 Å². The first-order valence-electron chi connectivity index (χ1n) is 7.61. The summed E-state index contributed by atoms with van der Waals surface area (Å²) < 4.78 is 2.22. The molecule has 0 aromatic carbocycles. The van der Waals surface area contributed by atoms with Gasteiger partial charge in [0, 0.05) is 30.4 Å². The normalized spacial score (nSPS) is 24.3. The van der Waals surface area contributed by atoms with E-state index in [1.165, 1.54) is 37.8 Å². The fourth-order valence-corrected chi connectivity index (χ4v) is 3.12. The van der Waals surface area contributed by atoms with Crippen molar-refractivity contribution in [1.82, 2.24) is 15.1 Å². The molecule has 1 aromatic heterocycles. The highest BCUT2D eigenvalue weighted by atomic mass is 15.3. The molecule has 1 N–H and O–H groups in total. The van der Waals surface area contributed by atoms with Crippen LogP contribution in [0.25, 0.3) is 0 Å². The van der Waals surface area contributed by atoms with Gasteiger partial charge in [0.1, 0.15) is 0 Å². The molecule has 1 aliphatic rings. The lowest BCUT2D eigenvalue weighted by atomic mass is 9.82. The number of hydrogen-bond donors (Lipinski definition) is 1. The third-order valence-corrected chi connectivity index (χ3v) is 3.99. The number of hydrogen-bond acceptors (Lipinski definition) is 2. The van der Waals surface area contributed by atoms with Crippen LogP contribution in [0.5, 0.6) is 0 Å². The van der Waals surface area contributed by atoms with E-state index < -0.39 is 0 Å². The van der Waals surface area contributed by atoms with Crippen molar-refractivity contribution in [1.29, 1.82) is 0 Å². The fraction of sp³-hybridized carbons (Fsp3) is 0.800. The molecule has 0 amide bonds. The minimum atomic E-state index is 0.658. The molecular weight excluding hydrogens is 222 g/mol. The first kappa shape index (κ1) is 13.6. The summed E-state index contributed by atoms with van der Waals surface area (Å²) in [6, 6.07) is 2.89. The molecular formula is C15H27N3. The quantitative estimate of drug-likeness (QED) is 0.838. The zero-order chi connectivity index (χ0) is 12.8. The molecule has 1 saturated carbocycles. The van der Waals surface area contributed by atoms with Gasteiger partial charge in [0.2, 0.25) is 0 Å². The molecule has 1 heterocycles. The summed E-state index contributed by atoms with van der Waals surface area (Å²) in [6.45, 7) is 6.66. The van der Waals surface area contributed by atoms with E-state index in [4.69, 9.17) is 0 Å². The second-order valence-electron chi connectivity index (χ2n) is 5.43. The Balaban J connectivity index is 2.09. The van der Waals surface area contributed by atoms with E-state index in [0.29, 0.717) is 12.0 Å². The van der Waals surface area contributed by atoms with Crippen molar-refractivity contribution in [3.8, 4) is 0 Å². The van der Waals surface area contributed by atoms with E-state index in [0.717, 1.165) is 19.5 Å². The van der Waals surface area contributed by atoms with Gasteiger partial charge in [0.25, 0.3) is 0 Å². The molecule has 0 radical (unpaired) electrons. The lowest BCUT2D eigenvalue weighted by Gasteiger charge is -2.32. The third-order valence-electron chi connectivity index (χ3n) is 3.99. The van der Waals surface area contributed by atoms with E-state index in [2.05, 4.69) is 35.0 Å². The molecule has 2 unspecified atom stereocenters. The Morgan fingerprint density at radius 1 is 1.28 bits per heavy atom. The molecule has 0 aliphatic heterocycles. The predicted molar refractivity (Wildman–Crippen MR) is 75.8 cm³/mol. The van der Waals surface area contributed by atoms with Crippen LogP contribution in [0.3, 0.4) is 0 Å². The first-order chi connectivity index (χ1) is 8.86. The Morgan fingerprint density at radius 2 is 2.11 bits per heavy atom. The molecule has 2 atom stereocenters. The van der Waals surface area contributed by atoms with Crippen LogP contribution >= 0.6 is 0 Å². The number of nitrogens with one attached hydrogen (secondary N) is 1. The second-order valence-corrected chi connectivity index (χ2v) is 5.43. The van der Waals surface area contributed by atoms with Gasteiger partial charge in [-0.25, -0.2) is 0 Å². The van der Waals surface area contributed by atoms with Gasteiger partial charge in [-0.3, -0.25) is 4.68 Å². The summed E-state index contributed by atoms with van der Waals surface area (Å²) in [5.74, 6) is 0.666. The van der Waals surface area contributed by atoms with Gasteiger partial charge in [-0.1, -0.05) is 26.7 Å². The minimum Gasteiger partial charge on any atom is -0.313 e. The largest absolute Gasteiger partial charge is 0.313 e. The standard InChI is InChI=1S/C15H27N3/c1-3-10-16-14-8-6-5-7-13(14)15-9-11-17-18(15)12-4-2/h9,11,13-14,16H,3-8,10,12H2,1-2H3. The zero-order valence-corrected chi connectivity index (χ0v) is 11.9. The van der Waals surface area contributed by atoms with Crippen molar-refractivity contribution in [3.63, 3.8) is 0 Å². The predicted octanol–water partition coefficient (Wildman–Crippen LogP) is 3.32. The molecule has 18 heavy (non-hydrogen) atoms. The van der Waals surface area contributed by atoms with E-state index in [1.54, 1.807) is 0 Å². The molecule has 2 rings (SSSR count). The van der Waals surface area contributed by atoms with E-state index in [1.807, 2.05) is 6.20 Å². The van der Waals surface area contributed by atoms with Crippen LogP contribution in [0.1, 0.15) is 64.0 Å². The van der Waals surface area contributed by atoms with Gasteiger partial charge in [-0.2, -0.15) is 5.10 Å². The Bertz CT molecular complexity index is 345. The Hall–Kier alpha value is -0.830. The molecule has 102 valence electrons. The van der Waals surface area contributed by atoms with E-state index >= 15 is 0 Å². The van der Waals surface area contributed by atoms with E-state index in [9.17, 15) is 0 Å². The van der Waals surface area contributed by atoms with Crippen LogP contribution in [0.4, 0.5) is 0 Å². The SMILES string of the molecule is CCCNC1CCCCC1c1ccnn1CCC. The molecule has 1 aromatic rings. The van der Waals surface area contributed by atoms with Gasteiger partial charge >= 0.3 is 0 Å². The topological polar surface area (TPSA) is 29.9 Å². The number of aryl methyl sites for hydroxylation is 1. The Kier molecular flexibility index (Phi) is 5.24. The van der Waals surface area contributed by atoms with Gasteiger partial charge in [-0.05, 0) is 38.3 Å². The smallest absolute Gasteiger partial charge is 0.0492 e. The van der Waals surface area contributed by atoms with Crippen molar-refractivity contribution in [3.05, 3.63) is 18.0 Å². The minimum absolute atomic E-state index is 0.658.